The molecule has 2 aromatic rings. The fourth-order valence-corrected chi connectivity index (χ4v) is 5.71. The Morgan fingerprint density at radius 3 is 2.42 bits per heavy atom. The highest BCUT2D eigenvalue weighted by molar-refractivity contribution is 7.99. The lowest BCUT2D eigenvalue weighted by Gasteiger charge is -2.28. The van der Waals surface area contributed by atoms with Crippen molar-refractivity contribution in [3.05, 3.63) is 58.6 Å². The summed E-state index contributed by atoms with van der Waals surface area (Å²) in [6.07, 6.45) is 0. The Labute approximate surface area is 194 Å². The van der Waals surface area contributed by atoms with Crippen LogP contribution in [0.2, 0.25) is 5.02 Å². The molecular weight excluding hydrogens is 454 g/mol. The van der Waals surface area contributed by atoms with Crippen LogP contribution in [0.3, 0.4) is 0 Å². The van der Waals surface area contributed by atoms with E-state index in [4.69, 9.17) is 11.6 Å². The predicted molar refractivity (Wildman–Crippen MR) is 129 cm³/mol. The molecule has 0 bridgehead atoms. The molecule has 1 aliphatic rings. The number of nitrogens with one attached hydrogen (secondary N) is 1. The average Bonchev–Trinajstić information content (AvgIpc) is 2.78. The van der Waals surface area contributed by atoms with Crippen molar-refractivity contribution >= 4 is 45.0 Å². The summed E-state index contributed by atoms with van der Waals surface area (Å²) in [7, 11) is -2.19. The van der Waals surface area contributed by atoms with E-state index in [1.165, 1.54) is 35.2 Å². The molecule has 1 saturated heterocycles. The number of halogens is 1. The van der Waals surface area contributed by atoms with Gasteiger partial charge in [0.1, 0.15) is 0 Å². The van der Waals surface area contributed by atoms with Crippen LogP contribution in [0.1, 0.15) is 29.8 Å². The molecule has 0 unspecified atom stereocenters. The van der Waals surface area contributed by atoms with Crippen LogP contribution in [-0.2, 0) is 16.6 Å². The maximum Gasteiger partial charge on any atom is 0.253 e. The number of rotatable bonds is 7. The lowest BCUT2D eigenvalue weighted by Crippen LogP contribution is -2.33. The third-order valence-corrected chi connectivity index (χ3v) is 8.65. The van der Waals surface area contributed by atoms with Crippen LogP contribution in [0, 0.1) is 0 Å². The second kappa shape index (κ2) is 10.3. The van der Waals surface area contributed by atoms with Crippen molar-refractivity contribution in [3.63, 3.8) is 0 Å². The number of sulfonamides is 1. The predicted octanol–water partition coefficient (Wildman–Crippen LogP) is 3.85. The molecule has 3 rings (SSSR count). The highest BCUT2D eigenvalue weighted by Crippen LogP contribution is 2.24. The van der Waals surface area contributed by atoms with Gasteiger partial charge < -0.3 is 10.2 Å². The van der Waals surface area contributed by atoms with Gasteiger partial charge in [0.25, 0.3) is 5.91 Å². The van der Waals surface area contributed by atoms with E-state index in [0.29, 0.717) is 6.54 Å². The Kier molecular flexibility index (Phi) is 7.91. The SMILES string of the molecule is CC(C)N(C)S(=O)(=O)c1ccc(Cl)c(C(=O)NCc2ccc(N3CCSCC3)cc2)c1. The number of hydrogen-bond acceptors (Lipinski definition) is 5. The molecule has 1 amide bonds. The Bertz CT molecular complexity index is 1020. The summed E-state index contributed by atoms with van der Waals surface area (Å²) >= 11 is 8.17. The van der Waals surface area contributed by atoms with Crippen LogP contribution < -0.4 is 10.2 Å². The van der Waals surface area contributed by atoms with E-state index >= 15 is 0 Å². The zero-order valence-electron chi connectivity index (χ0n) is 18.0. The first-order chi connectivity index (χ1) is 14.7. The molecule has 1 fully saturated rings. The van der Waals surface area contributed by atoms with Gasteiger partial charge in [-0.05, 0) is 49.7 Å². The minimum atomic E-state index is -3.71. The Balaban J connectivity index is 1.69. The topological polar surface area (TPSA) is 69.7 Å². The Morgan fingerprint density at radius 1 is 1.16 bits per heavy atom. The zero-order chi connectivity index (χ0) is 22.6. The summed E-state index contributed by atoms with van der Waals surface area (Å²) in [6, 6.07) is 12.1. The van der Waals surface area contributed by atoms with Gasteiger partial charge in [0.2, 0.25) is 10.0 Å². The summed E-state index contributed by atoms with van der Waals surface area (Å²) < 4.78 is 26.8. The van der Waals surface area contributed by atoms with Gasteiger partial charge in [-0.1, -0.05) is 23.7 Å². The number of nitrogens with zero attached hydrogens (tertiary/aromatic N) is 2. The first kappa shape index (κ1) is 23.9. The standard InChI is InChI=1S/C22H28ClN3O3S2/c1-16(2)25(3)31(28,29)19-8-9-21(23)20(14-19)22(27)24-15-17-4-6-18(7-5-17)26-10-12-30-13-11-26/h4-9,14,16H,10-13,15H2,1-3H3,(H,24,27). The maximum absolute atomic E-state index is 12.7. The van der Waals surface area contributed by atoms with Crippen molar-refractivity contribution in [3.8, 4) is 0 Å². The second-order valence-corrected chi connectivity index (χ2v) is 11.3. The van der Waals surface area contributed by atoms with Crippen molar-refractivity contribution < 1.29 is 13.2 Å². The molecule has 9 heteroatoms. The van der Waals surface area contributed by atoms with E-state index in [-0.39, 0.29) is 21.5 Å². The summed E-state index contributed by atoms with van der Waals surface area (Å²) in [4.78, 5) is 15.1. The van der Waals surface area contributed by atoms with Gasteiger partial charge in [0, 0.05) is 49.9 Å². The maximum atomic E-state index is 12.7. The van der Waals surface area contributed by atoms with Gasteiger partial charge in [0.15, 0.2) is 0 Å². The monoisotopic (exact) mass is 481 g/mol. The molecule has 1 N–H and O–H groups in total. The third kappa shape index (κ3) is 5.74. The van der Waals surface area contributed by atoms with Gasteiger partial charge in [-0.3, -0.25) is 4.79 Å². The molecule has 0 saturated carbocycles. The molecule has 0 spiro atoms. The van der Waals surface area contributed by atoms with Crippen molar-refractivity contribution in [1.29, 1.82) is 0 Å². The summed E-state index contributed by atoms with van der Waals surface area (Å²) in [5.41, 5.74) is 2.29. The molecule has 168 valence electrons. The molecule has 0 aromatic heterocycles. The molecule has 1 heterocycles. The van der Waals surface area contributed by atoms with Crippen LogP contribution >= 0.6 is 23.4 Å². The molecule has 31 heavy (non-hydrogen) atoms. The highest BCUT2D eigenvalue weighted by Gasteiger charge is 2.25. The fraction of sp³-hybridized carbons (Fsp3) is 0.409. The minimum Gasteiger partial charge on any atom is -0.370 e. The van der Waals surface area contributed by atoms with E-state index in [1.54, 1.807) is 13.8 Å². The Hall–Kier alpha value is -1.74. The quantitative estimate of drug-likeness (QED) is 0.650. The van der Waals surface area contributed by atoms with Gasteiger partial charge in [0.05, 0.1) is 15.5 Å². The van der Waals surface area contributed by atoms with Crippen LogP contribution in [0.25, 0.3) is 0 Å². The molecule has 0 radical (unpaired) electrons. The zero-order valence-corrected chi connectivity index (χ0v) is 20.4. The number of carbonyl (C=O) groups excluding carboxylic acids is 1. The van der Waals surface area contributed by atoms with Gasteiger partial charge in [-0.2, -0.15) is 16.1 Å². The average molecular weight is 482 g/mol. The van der Waals surface area contributed by atoms with Gasteiger partial charge >= 0.3 is 0 Å². The second-order valence-electron chi connectivity index (χ2n) is 7.71. The van der Waals surface area contributed by atoms with Crippen molar-refractivity contribution in [1.82, 2.24) is 9.62 Å². The van der Waals surface area contributed by atoms with Gasteiger partial charge in [-0.15, -0.1) is 0 Å². The number of benzene rings is 2. The first-order valence-corrected chi connectivity index (χ1v) is 13.1. The lowest BCUT2D eigenvalue weighted by molar-refractivity contribution is 0.0951. The van der Waals surface area contributed by atoms with E-state index in [1.807, 2.05) is 23.9 Å². The minimum absolute atomic E-state index is 0.0438. The van der Waals surface area contributed by atoms with Crippen LogP contribution in [-0.4, -0.2) is 56.3 Å². The highest BCUT2D eigenvalue weighted by atomic mass is 35.5. The molecule has 2 aromatic carbocycles. The Morgan fingerprint density at radius 2 is 1.81 bits per heavy atom. The lowest BCUT2D eigenvalue weighted by atomic mass is 10.1. The molecule has 1 aliphatic heterocycles. The smallest absolute Gasteiger partial charge is 0.253 e. The largest absolute Gasteiger partial charge is 0.370 e. The summed E-state index contributed by atoms with van der Waals surface area (Å²) in [6.45, 7) is 6.00. The van der Waals surface area contributed by atoms with Crippen LogP contribution in [0.5, 0.6) is 0 Å². The van der Waals surface area contributed by atoms with Gasteiger partial charge in [-0.25, -0.2) is 8.42 Å². The fourth-order valence-electron chi connectivity index (χ4n) is 3.21. The number of anilines is 1. The van der Waals surface area contributed by atoms with Crippen molar-refractivity contribution in [2.24, 2.45) is 0 Å². The molecule has 0 atom stereocenters. The van der Waals surface area contributed by atoms with Crippen LogP contribution in [0.4, 0.5) is 5.69 Å². The summed E-state index contributed by atoms with van der Waals surface area (Å²) in [5.74, 6) is 1.87. The number of carbonyl (C=O) groups is 1. The molecule has 6 nitrogen and oxygen atoms in total. The van der Waals surface area contributed by atoms with E-state index < -0.39 is 15.9 Å². The molecule has 0 aliphatic carbocycles. The number of hydrogen-bond donors (Lipinski definition) is 1. The third-order valence-electron chi connectivity index (χ3n) is 5.35. The van der Waals surface area contributed by atoms with E-state index in [2.05, 4.69) is 22.3 Å². The van der Waals surface area contributed by atoms with E-state index in [0.717, 1.165) is 30.2 Å². The number of thioether (sulfide) groups is 1. The van der Waals surface area contributed by atoms with Crippen molar-refractivity contribution in [2.45, 2.75) is 31.3 Å². The number of amides is 1. The van der Waals surface area contributed by atoms with Crippen LogP contribution in [0.15, 0.2) is 47.4 Å². The molecular formula is C22H28ClN3O3S2. The first-order valence-electron chi connectivity index (χ1n) is 10.2. The normalized spacial score (nSPS) is 14.8. The van der Waals surface area contributed by atoms with Crippen molar-refractivity contribution in [2.75, 3.05) is 36.5 Å². The van der Waals surface area contributed by atoms with E-state index in [9.17, 15) is 13.2 Å². The summed E-state index contributed by atoms with van der Waals surface area (Å²) in [5, 5.41) is 3.05.